The summed E-state index contributed by atoms with van der Waals surface area (Å²) in [5.74, 6) is 1.45. The number of para-hydroxylation sites is 1. The number of halogens is 1. The summed E-state index contributed by atoms with van der Waals surface area (Å²) in [5.41, 5.74) is 3.22. The third-order valence-electron chi connectivity index (χ3n) is 5.36. The van der Waals surface area contributed by atoms with Crippen LogP contribution in [0.25, 0.3) is 5.69 Å². The maximum absolute atomic E-state index is 12.3. The number of aryl methyl sites for hydroxylation is 1. The minimum Gasteiger partial charge on any atom is -0.356 e. The molecule has 4 aromatic rings. The number of nitrogens with one attached hydrogen (secondary N) is 1. The Morgan fingerprint density at radius 3 is 2.29 bits per heavy atom. The summed E-state index contributed by atoms with van der Waals surface area (Å²) < 4.78 is 14.3. The molecule has 0 aliphatic heterocycles. The highest BCUT2D eigenvalue weighted by atomic mass is 32.1. The number of unbranched alkanes of at least 4 members (excludes halogenated alkanes) is 1. The van der Waals surface area contributed by atoms with Crippen molar-refractivity contribution in [1.29, 1.82) is 0 Å². The Hall–Kier alpha value is -3.45. The summed E-state index contributed by atoms with van der Waals surface area (Å²) in [7, 11) is 0. The fourth-order valence-electron chi connectivity index (χ4n) is 3.52. The number of nitrogens with zero attached hydrogens (tertiary/aromatic N) is 3. The molecule has 0 fully saturated rings. The van der Waals surface area contributed by atoms with Crippen molar-refractivity contribution in [1.82, 2.24) is 20.1 Å². The lowest BCUT2D eigenvalue weighted by Gasteiger charge is -2.07. The molecule has 1 N–H and O–H groups in total. The van der Waals surface area contributed by atoms with Crippen molar-refractivity contribution in [3.63, 3.8) is 0 Å². The molecule has 0 aliphatic carbocycles. The van der Waals surface area contributed by atoms with Crippen LogP contribution in [0.4, 0.5) is 4.39 Å². The van der Waals surface area contributed by atoms with E-state index in [4.69, 9.17) is 0 Å². The number of carbonyl (C=O) groups is 1. The molecule has 0 saturated heterocycles. The molecule has 0 unspecified atom stereocenters. The minimum absolute atomic E-state index is 0.116. The largest absolute Gasteiger partial charge is 0.356 e. The topological polar surface area (TPSA) is 59.8 Å². The maximum atomic E-state index is 12.3. The Morgan fingerprint density at radius 1 is 0.886 bits per heavy atom. The number of benzene rings is 3. The van der Waals surface area contributed by atoms with Gasteiger partial charge in [-0.25, -0.2) is 4.39 Å². The van der Waals surface area contributed by atoms with E-state index in [9.17, 15) is 9.18 Å². The Kier molecular flexibility index (Phi) is 11.0. The Morgan fingerprint density at radius 2 is 1.60 bits per heavy atom. The molecule has 0 atom stereocenters. The number of aromatic nitrogens is 3. The van der Waals surface area contributed by atoms with Crippen LogP contribution in [0, 0.1) is 5.82 Å². The second-order valence-corrected chi connectivity index (χ2v) is 8.35. The predicted octanol–water partition coefficient (Wildman–Crippen LogP) is 5.59. The molecule has 1 aromatic heterocycles. The van der Waals surface area contributed by atoms with E-state index >= 15 is 0 Å². The highest BCUT2D eigenvalue weighted by molar-refractivity contribution is 7.79. The van der Waals surface area contributed by atoms with Gasteiger partial charge >= 0.3 is 0 Å². The fourth-order valence-corrected chi connectivity index (χ4v) is 3.71. The minimum atomic E-state index is -0.193. The number of carbonyl (C=O) groups excluding carboxylic acids is 1. The van der Waals surface area contributed by atoms with Crippen molar-refractivity contribution >= 4 is 18.5 Å². The van der Waals surface area contributed by atoms with Crippen LogP contribution in [0.5, 0.6) is 0 Å². The predicted molar refractivity (Wildman–Crippen MR) is 141 cm³/mol. The van der Waals surface area contributed by atoms with E-state index in [0.29, 0.717) is 18.7 Å². The average Bonchev–Trinajstić information content (AvgIpc) is 3.37. The van der Waals surface area contributed by atoms with Gasteiger partial charge in [0, 0.05) is 30.8 Å². The highest BCUT2D eigenvalue weighted by Gasteiger charge is 2.07. The van der Waals surface area contributed by atoms with Gasteiger partial charge in [-0.15, -0.1) is 10.2 Å². The Bertz CT molecular complexity index is 1150. The van der Waals surface area contributed by atoms with Gasteiger partial charge in [-0.05, 0) is 54.7 Å². The van der Waals surface area contributed by atoms with E-state index in [-0.39, 0.29) is 11.7 Å². The number of amides is 1. The van der Waals surface area contributed by atoms with Gasteiger partial charge in [-0.2, -0.15) is 12.6 Å². The fraction of sp³-hybridized carbons (Fsp3) is 0.250. The molecule has 3 aromatic carbocycles. The van der Waals surface area contributed by atoms with Gasteiger partial charge in [0.2, 0.25) is 5.91 Å². The second kappa shape index (κ2) is 14.7. The third kappa shape index (κ3) is 9.37. The molecule has 182 valence electrons. The zero-order chi connectivity index (χ0) is 24.7. The van der Waals surface area contributed by atoms with E-state index in [1.165, 1.54) is 17.7 Å². The second-order valence-electron chi connectivity index (χ2n) is 8.03. The van der Waals surface area contributed by atoms with Gasteiger partial charge in [0.05, 0.1) is 0 Å². The molecule has 5 nitrogen and oxygen atoms in total. The quantitative estimate of drug-likeness (QED) is 0.225. The summed E-state index contributed by atoms with van der Waals surface area (Å²) in [6.45, 7) is 0.686. The molecule has 0 spiro atoms. The zero-order valence-electron chi connectivity index (χ0n) is 19.7. The highest BCUT2D eigenvalue weighted by Crippen LogP contribution is 2.11. The van der Waals surface area contributed by atoms with E-state index in [2.05, 4.69) is 40.3 Å². The molecule has 0 radical (unpaired) electrons. The van der Waals surface area contributed by atoms with Crippen LogP contribution in [0.15, 0.2) is 91.3 Å². The van der Waals surface area contributed by atoms with Crippen molar-refractivity contribution in [3.05, 3.63) is 114 Å². The van der Waals surface area contributed by atoms with Crippen LogP contribution in [0.2, 0.25) is 0 Å². The molecule has 1 amide bonds. The molecule has 0 saturated carbocycles. The summed E-state index contributed by atoms with van der Waals surface area (Å²) in [5, 5.41) is 11.2. The molecular formula is C28H31FN4OS. The lowest BCUT2D eigenvalue weighted by Crippen LogP contribution is -2.25. The van der Waals surface area contributed by atoms with E-state index in [1.807, 2.05) is 59.2 Å². The normalized spacial score (nSPS) is 10.3. The van der Waals surface area contributed by atoms with Crippen molar-refractivity contribution in [3.8, 4) is 5.69 Å². The smallest absolute Gasteiger partial charge is 0.220 e. The van der Waals surface area contributed by atoms with Gasteiger partial charge in [-0.3, -0.25) is 9.36 Å². The zero-order valence-corrected chi connectivity index (χ0v) is 20.6. The first-order valence-corrected chi connectivity index (χ1v) is 12.4. The van der Waals surface area contributed by atoms with Gasteiger partial charge in [0.25, 0.3) is 0 Å². The first kappa shape index (κ1) is 26.2. The lowest BCUT2D eigenvalue weighted by atomic mass is 10.1. The maximum Gasteiger partial charge on any atom is 0.220 e. The van der Waals surface area contributed by atoms with Gasteiger partial charge < -0.3 is 5.32 Å². The van der Waals surface area contributed by atoms with Gasteiger partial charge in [0.15, 0.2) is 0 Å². The first-order chi connectivity index (χ1) is 17.2. The monoisotopic (exact) mass is 490 g/mol. The first-order valence-electron chi connectivity index (χ1n) is 11.8. The number of thiol groups is 1. The molecule has 0 aliphatic rings. The third-order valence-corrected chi connectivity index (χ3v) is 5.72. The number of rotatable bonds is 10. The average molecular weight is 491 g/mol. The number of hydrogen-bond donors (Lipinski definition) is 2. The van der Waals surface area contributed by atoms with E-state index in [1.54, 1.807) is 12.4 Å². The molecule has 4 rings (SSSR count). The summed E-state index contributed by atoms with van der Waals surface area (Å²) in [6, 6.07) is 26.7. The Balaban J connectivity index is 0.000000320. The van der Waals surface area contributed by atoms with E-state index < -0.39 is 0 Å². The molecule has 7 heteroatoms. The van der Waals surface area contributed by atoms with Crippen LogP contribution < -0.4 is 5.32 Å². The van der Waals surface area contributed by atoms with E-state index in [0.717, 1.165) is 42.8 Å². The standard InChI is InChI=1S/C21H24N4O.C7H7FS/c26-21(22-16-15-18-9-3-1-4-10-18)14-8-7-13-20-24-23-17-25(20)19-11-5-2-6-12-19;8-7-3-1-2-6(4-7)5-9/h1-6,9-12,17H,7-8,13-16H2,(H,22,26);1-4,9H,5H2. The van der Waals surface area contributed by atoms with Crippen molar-refractivity contribution in [2.45, 2.75) is 37.9 Å². The van der Waals surface area contributed by atoms with Crippen molar-refractivity contribution in [2.24, 2.45) is 0 Å². The van der Waals surface area contributed by atoms with Crippen LogP contribution in [-0.4, -0.2) is 27.2 Å². The summed E-state index contributed by atoms with van der Waals surface area (Å²) in [6.07, 6.45) is 5.73. The van der Waals surface area contributed by atoms with Crippen LogP contribution in [-0.2, 0) is 23.4 Å². The lowest BCUT2D eigenvalue weighted by molar-refractivity contribution is -0.121. The van der Waals surface area contributed by atoms with Crippen LogP contribution >= 0.6 is 12.6 Å². The summed E-state index contributed by atoms with van der Waals surface area (Å²) in [4.78, 5) is 11.9. The molecule has 0 bridgehead atoms. The SMILES string of the molecule is Fc1cccc(CS)c1.O=C(CCCCc1nncn1-c1ccccc1)NCCc1ccccc1. The molecule has 1 heterocycles. The van der Waals surface area contributed by atoms with Crippen molar-refractivity contribution < 1.29 is 9.18 Å². The van der Waals surface area contributed by atoms with Gasteiger partial charge in [0.1, 0.15) is 18.0 Å². The van der Waals surface area contributed by atoms with Crippen molar-refractivity contribution in [2.75, 3.05) is 6.54 Å². The van der Waals surface area contributed by atoms with Gasteiger partial charge in [-0.1, -0.05) is 60.7 Å². The number of hydrogen-bond acceptors (Lipinski definition) is 4. The van der Waals surface area contributed by atoms with Crippen LogP contribution in [0.3, 0.4) is 0 Å². The molecular weight excluding hydrogens is 459 g/mol. The molecule has 35 heavy (non-hydrogen) atoms. The Labute approximate surface area is 211 Å². The van der Waals surface area contributed by atoms with Crippen LogP contribution in [0.1, 0.15) is 36.2 Å². The summed E-state index contributed by atoms with van der Waals surface area (Å²) >= 11 is 3.99.